The van der Waals surface area contributed by atoms with Crippen molar-refractivity contribution in [3.8, 4) is 0 Å². The monoisotopic (exact) mass is 202 g/mol. The third kappa shape index (κ3) is 2.67. The van der Waals surface area contributed by atoms with Gasteiger partial charge in [0.15, 0.2) is 0 Å². The van der Waals surface area contributed by atoms with Crippen molar-refractivity contribution in [1.82, 2.24) is 5.32 Å². The average Bonchev–Trinajstić information content (AvgIpc) is 2.48. The van der Waals surface area contributed by atoms with E-state index in [1.54, 1.807) is 7.11 Å². The van der Waals surface area contributed by atoms with Gasteiger partial charge in [0.25, 0.3) is 0 Å². The van der Waals surface area contributed by atoms with E-state index in [1.165, 1.54) is 0 Å². The Morgan fingerprint density at radius 3 is 2.86 bits per heavy atom. The molecule has 82 valence electrons. The number of amides is 1. The number of ether oxygens (including phenoxy) is 2. The van der Waals surface area contributed by atoms with Crippen molar-refractivity contribution >= 4 is 5.91 Å². The molecule has 14 heavy (non-hydrogen) atoms. The molecule has 0 radical (unpaired) electrons. The number of carbonyl (C=O) groups excluding carboxylic acids is 1. The van der Waals surface area contributed by atoms with Crippen LogP contribution < -0.4 is 11.1 Å². The molecule has 0 bridgehead atoms. The summed E-state index contributed by atoms with van der Waals surface area (Å²) in [4.78, 5) is 10.8. The van der Waals surface area contributed by atoms with Crippen LogP contribution in [0.5, 0.6) is 0 Å². The van der Waals surface area contributed by atoms with Gasteiger partial charge in [0.1, 0.15) is 6.23 Å². The fraction of sp³-hybridized carbons (Fsp3) is 0.889. The highest BCUT2D eigenvalue weighted by Gasteiger charge is 2.37. The predicted octanol–water partition coefficient (Wildman–Crippen LogP) is -0.541. The van der Waals surface area contributed by atoms with E-state index in [1.807, 2.05) is 6.92 Å². The van der Waals surface area contributed by atoms with Crippen molar-refractivity contribution in [2.24, 2.45) is 11.7 Å². The molecule has 5 heteroatoms. The third-order valence-electron chi connectivity index (χ3n) is 2.47. The topological polar surface area (TPSA) is 73.6 Å². The summed E-state index contributed by atoms with van der Waals surface area (Å²) in [5, 5.41) is 3.16. The minimum atomic E-state index is -0.314. The lowest BCUT2D eigenvalue weighted by Crippen LogP contribution is -2.34. The van der Waals surface area contributed by atoms with Gasteiger partial charge in [0.2, 0.25) is 5.91 Å². The third-order valence-corrected chi connectivity index (χ3v) is 2.47. The zero-order valence-corrected chi connectivity index (χ0v) is 8.66. The Bertz CT molecular complexity index is 198. The lowest BCUT2D eigenvalue weighted by atomic mass is 10.00. The van der Waals surface area contributed by atoms with Crippen LogP contribution in [-0.2, 0) is 14.3 Å². The Morgan fingerprint density at radius 1 is 1.64 bits per heavy atom. The minimum Gasteiger partial charge on any atom is -0.380 e. The molecule has 0 aromatic carbocycles. The Hall–Kier alpha value is -0.650. The number of carbonyl (C=O) groups is 1. The fourth-order valence-electron chi connectivity index (χ4n) is 1.82. The first-order valence-electron chi connectivity index (χ1n) is 4.85. The van der Waals surface area contributed by atoms with Crippen LogP contribution in [0.25, 0.3) is 0 Å². The summed E-state index contributed by atoms with van der Waals surface area (Å²) in [6, 6.07) is 0. The minimum absolute atomic E-state index is 0.0130. The van der Waals surface area contributed by atoms with Crippen LogP contribution in [-0.4, -0.2) is 38.5 Å². The SMILES string of the molecule is CCOC1NC[C@@H](OC)[C@H]1CC(N)=O. The molecule has 0 spiro atoms. The van der Waals surface area contributed by atoms with Crippen LogP contribution in [0.3, 0.4) is 0 Å². The van der Waals surface area contributed by atoms with Crippen LogP contribution in [0, 0.1) is 5.92 Å². The van der Waals surface area contributed by atoms with Crippen LogP contribution in [0.2, 0.25) is 0 Å². The molecule has 1 aliphatic heterocycles. The standard InChI is InChI=1S/C9H18N2O3/c1-3-14-9-6(4-8(10)12)7(13-2)5-11-9/h6-7,9,11H,3-5H2,1-2H3,(H2,10,12)/t6-,7-,9?/m1/s1. The molecular weight excluding hydrogens is 184 g/mol. The summed E-state index contributed by atoms with van der Waals surface area (Å²) in [6.07, 6.45) is 0.201. The summed E-state index contributed by atoms with van der Waals surface area (Å²) < 4.78 is 10.7. The molecule has 0 aromatic rings. The van der Waals surface area contributed by atoms with Crippen LogP contribution >= 0.6 is 0 Å². The molecule has 0 saturated carbocycles. The van der Waals surface area contributed by atoms with Gasteiger partial charge in [0.05, 0.1) is 6.10 Å². The van der Waals surface area contributed by atoms with Gasteiger partial charge in [0, 0.05) is 32.6 Å². The highest BCUT2D eigenvalue weighted by atomic mass is 16.5. The van der Waals surface area contributed by atoms with Gasteiger partial charge in [-0.15, -0.1) is 0 Å². The van der Waals surface area contributed by atoms with Crippen molar-refractivity contribution in [2.45, 2.75) is 25.7 Å². The van der Waals surface area contributed by atoms with E-state index >= 15 is 0 Å². The summed E-state index contributed by atoms with van der Waals surface area (Å²) in [5.41, 5.74) is 5.17. The van der Waals surface area contributed by atoms with Gasteiger partial charge < -0.3 is 15.2 Å². The number of hydrogen-bond donors (Lipinski definition) is 2. The van der Waals surface area contributed by atoms with Crippen molar-refractivity contribution in [3.63, 3.8) is 0 Å². The molecule has 1 unspecified atom stereocenters. The second-order valence-corrected chi connectivity index (χ2v) is 3.39. The molecule has 1 aliphatic rings. The maximum absolute atomic E-state index is 10.8. The predicted molar refractivity (Wildman–Crippen MR) is 51.5 cm³/mol. The lowest BCUT2D eigenvalue weighted by molar-refractivity contribution is -0.121. The molecule has 1 amide bonds. The Labute approximate surface area is 83.9 Å². The van der Waals surface area contributed by atoms with Crippen LogP contribution in [0.1, 0.15) is 13.3 Å². The number of nitrogens with one attached hydrogen (secondary N) is 1. The maximum atomic E-state index is 10.8. The molecule has 0 aromatic heterocycles. The van der Waals surface area contributed by atoms with E-state index in [9.17, 15) is 4.79 Å². The zero-order chi connectivity index (χ0) is 10.6. The summed E-state index contributed by atoms with van der Waals surface area (Å²) in [6.45, 7) is 3.24. The van der Waals surface area contributed by atoms with E-state index in [0.717, 1.165) is 0 Å². The lowest BCUT2D eigenvalue weighted by Gasteiger charge is -2.21. The van der Waals surface area contributed by atoms with Gasteiger partial charge in [-0.2, -0.15) is 0 Å². The fourth-order valence-corrected chi connectivity index (χ4v) is 1.82. The van der Waals surface area contributed by atoms with E-state index in [2.05, 4.69) is 5.32 Å². The van der Waals surface area contributed by atoms with Crippen molar-refractivity contribution in [1.29, 1.82) is 0 Å². The molecule has 1 rings (SSSR count). The molecule has 1 saturated heterocycles. The summed E-state index contributed by atoms with van der Waals surface area (Å²) >= 11 is 0. The van der Waals surface area contributed by atoms with Crippen molar-refractivity contribution in [3.05, 3.63) is 0 Å². The summed E-state index contributed by atoms with van der Waals surface area (Å²) in [5.74, 6) is -0.289. The number of hydrogen-bond acceptors (Lipinski definition) is 4. The first-order chi connectivity index (χ1) is 6.69. The Balaban J connectivity index is 2.55. The molecule has 0 aliphatic carbocycles. The van der Waals surface area contributed by atoms with E-state index in [-0.39, 0.29) is 24.2 Å². The summed E-state index contributed by atoms with van der Waals surface area (Å²) in [7, 11) is 1.63. The van der Waals surface area contributed by atoms with E-state index in [4.69, 9.17) is 15.2 Å². The van der Waals surface area contributed by atoms with Gasteiger partial charge >= 0.3 is 0 Å². The normalized spacial score (nSPS) is 32.0. The zero-order valence-electron chi connectivity index (χ0n) is 8.66. The van der Waals surface area contributed by atoms with Gasteiger partial charge in [-0.05, 0) is 6.92 Å². The Kier molecular flexibility index (Phi) is 4.31. The van der Waals surface area contributed by atoms with Crippen LogP contribution in [0.15, 0.2) is 0 Å². The average molecular weight is 202 g/mol. The number of primary amides is 1. The number of methoxy groups -OCH3 is 1. The second-order valence-electron chi connectivity index (χ2n) is 3.39. The molecule has 3 N–H and O–H groups in total. The van der Waals surface area contributed by atoms with Gasteiger partial charge in [-0.1, -0.05) is 0 Å². The quantitative estimate of drug-likeness (QED) is 0.628. The first-order valence-corrected chi connectivity index (χ1v) is 4.85. The Morgan fingerprint density at radius 2 is 2.36 bits per heavy atom. The number of rotatable bonds is 5. The van der Waals surface area contributed by atoms with E-state index in [0.29, 0.717) is 19.6 Å². The van der Waals surface area contributed by atoms with Gasteiger partial charge in [-0.3, -0.25) is 10.1 Å². The molecule has 3 atom stereocenters. The van der Waals surface area contributed by atoms with E-state index < -0.39 is 0 Å². The van der Waals surface area contributed by atoms with Gasteiger partial charge in [-0.25, -0.2) is 0 Å². The van der Waals surface area contributed by atoms with Crippen LogP contribution in [0.4, 0.5) is 0 Å². The molecule has 5 nitrogen and oxygen atoms in total. The largest absolute Gasteiger partial charge is 0.380 e. The maximum Gasteiger partial charge on any atom is 0.217 e. The molecular formula is C9H18N2O3. The van der Waals surface area contributed by atoms with Crippen molar-refractivity contribution < 1.29 is 14.3 Å². The first kappa shape index (κ1) is 11.4. The second kappa shape index (κ2) is 5.29. The molecule has 1 heterocycles. The highest BCUT2D eigenvalue weighted by Crippen LogP contribution is 2.22. The highest BCUT2D eigenvalue weighted by molar-refractivity contribution is 5.74. The molecule has 1 fully saturated rings. The smallest absolute Gasteiger partial charge is 0.217 e. The number of nitrogens with two attached hydrogens (primary N) is 1. The van der Waals surface area contributed by atoms with Crippen molar-refractivity contribution in [2.75, 3.05) is 20.3 Å².